The summed E-state index contributed by atoms with van der Waals surface area (Å²) in [5.41, 5.74) is 1.66. The van der Waals surface area contributed by atoms with Crippen LogP contribution in [0.5, 0.6) is 5.75 Å². The molecule has 0 amide bonds. The van der Waals surface area contributed by atoms with E-state index in [4.69, 9.17) is 27.9 Å². The zero-order chi connectivity index (χ0) is 15.4. The van der Waals surface area contributed by atoms with Gasteiger partial charge in [0, 0.05) is 5.56 Å². The molecule has 0 aliphatic heterocycles. The van der Waals surface area contributed by atoms with Gasteiger partial charge < -0.3 is 10.1 Å². The first-order chi connectivity index (χ1) is 10.1. The molecule has 1 N–H and O–H groups in total. The number of nitrogens with one attached hydrogen (secondary N) is 1. The van der Waals surface area contributed by atoms with E-state index in [0.29, 0.717) is 8.67 Å². The van der Waals surface area contributed by atoms with Crippen molar-refractivity contribution in [1.82, 2.24) is 5.32 Å². The molecule has 2 aromatic rings. The van der Waals surface area contributed by atoms with Crippen molar-refractivity contribution in [3.63, 3.8) is 0 Å². The summed E-state index contributed by atoms with van der Waals surface area (Å²) >= 11 is 13.6. The number of halogens is 3. The van der Waals surface area contributed by atoms with Gasteiger partial charge in [0.2, 0.25) is 0 Å². The minimum absolute atomic E-state index is 0.193. The van der Waals surface area contributed by atoms with Gasteiger partial charge in [0.1, 0.15) is 0 Å². The third-order valence-electron chi connectivity index (χ3n) is 3.10. The largest absolute Gasteiger partial charge is 0.494 e. The number of ether oxygens (including phenoxy) is 1. The van der Waals surface area contributed by atoms with E-state index in [1.54, 1.807) is 6.07 Å². The van der Waals surface area contributed by atoms with Crippen LogP contribution >= 0.6 is 34.5 Å². The van der Waals surface area contributed by atoms with Crippen LogP contribution in [0.4, 0.5) is 4.39 Å². The van der Waals surface area contributed by atoms with Crippen molar-refractivity contribution in [3.8, 4) is 5.75 Å². The zero-order valence-corrected chi connectivity index (χ0v) is 14.1. The minimum Gasteiger partial charge on any atom is -0.494 e. The molecule has 1 unspecified atom stereocenters. The van der Waals surface area contributed by atoms with Gasteiger partial charge >= 0.3 is 0 Å². The van der Waals surface area contributed by atoms with E-state index in [1.165, 1.54) is 24.5 Å². The summed E-state index contributed by atoms with van der Waals surface area (Å²) in [7, 11) is 1.44. The normalized spacial score (nSPS) is 12.4. The van der Waals surface area contributed by atoms with Gasteiger partial charge in [-0.2, -0.15) is 0 Å². The summed E-state index contributed by atoms with van der Waals surface area (Å²) in [6.07, 6.45) is 0.963. The molecule has 2 nitrogen and oxygen atoms in total. The molecule has 1 heterocycles. The lowest BCUT2D eigenvalue weighted by Crippen LogP contribution is -2.23. The van der Waals surface area contributed by atoms with Crippen LogP contribution in [0.15, 0.2) is 24.3 Å². The molecule has 0 saturated carbocycles. The van der Waals surface area contributed by atoms with E-state index < -0.39 is 5.82 Å². The summed E-state index contributed by atoms with van der Waals surface area (Å²) in [5, 5.41) is 3.38. The molecule has 0 radical (unpaired) electrons. The van der Waals surface area contributed by atoms with E-state index in [-0.39, 0.29) is 11.8 Å². The Morgan fingerprint density at radius 1 is 1.33 bits per heavy atom. The maximum Gasteiger partial charge on any atom is 0.165 e. The number of methoxy groups -OCH3 is 1. The topological polar surface area (TPSA) is 21.3 Å². The molecule has 1 aromatic heterocycles. The predicted molar refractivity (Wildman–Crippen MR) is 87.4 cm³/mol. The van der Waals surface area contributed by atoms with Gasteiger partial charge in [-0.15, -0.1) is 11.3 Å². The van der Waals surface area contributed by atoms with Crippen LogP contribution < -0.4 is 10.1 Å². The molecule has 0 fully saturated rings. The van der Waals surface area contributed by atoms with Crippen molar-refractivity contribution >= 4 is 34.5 Å². The molecule has 114 valence electrons. The Morgan fingerprint density at radius 3 is 2.62 bits per heavy atom. The highest BCUT2D eigenvalue weighted by atomic mass is 35.5. The SMILES string of the molecule is CCCNC(c1ccc(OC)c(F)c1)c1cc(Cl)sc1Cl. The summed E-state index contributed by atoms with van der Waals surface area (Å²) in [6, 6.07) is 6.55. The first-order valence-corrected chi connectivity index (χ1v) is 8.15. The van der Waals surface area contributed by atoms with Crippen LogP contribution in [0.1, 0.15) is 30.5 Å². The maximum absolute atomic E-state index is 13.9. The van der Waals surface area contributed by atoms with Crippen LogP contribution in [0.2, 0.25) is 8.67 Å². The van der Waals surface area contributed by atoms with Crippen LogP contribution in [0, 0.1) is 5.82 Å². The fourth-order valence-electron chi connectivity index (χ4n) is 2.11. The van der Waals surface area contributed by atoms with E-state index in [2.05, 4.69) is 12.2 Å². The molecule has 0 aliphatic rings. The van der Waals surface area contributed by atoms with Crippen molar-refractivity contribution in [3.05, 3.63) is 49.9 Å². The number of hydrogen-bond acceptors (Lipinski definition) is 3. The molecule has 2 rings (SSSR count). The summed E-state index contributed by atoms with van der Waals surface area (Å²) in [5.74, 6) is -0.168. The van der Waals surface area contributed by atoms with E-state index in [1.807, 2.05) is 12.1 Å². The molecular weight excluding hydrogens is 332 g/mol. The zero-order valence-electron chi connectivity index (χ0n) is 11.8. The Morgan fingerprint density at radius 2 is 2.10 bits per heavy atom. The Labute approximate surface area is 137 Å². The lowest BCUT2D eigenvalue weighted by molar-refractivity contribution is 0.385. The second kappa shape index (κ2) is 7.45. The minimum atomic E-state index is -0.393. The maximum atomic E-state index is 13.9. The molecule has 21 heavy (non-hydrogen) atoms. The van der Waals surface area contributed by atoms with E-state index in [0.717, 1.165) is 24.1 Å². The Kier molecular flexibility index (Phi) is 5.88. The molecule has 0 saturated heterocycles. The van der Waals surface area contributed by atoms with Gasteiger partial charge in [-0.25, -0.2) is 4.39 Å². The van der Waals surface area contributed by atoms with Gasteiger partial charge in [-0.1, -0.05) is 36.2 Å². The third-order valence-corrected chi connectivity index (χ3v) is 4.62. The standard InChI is InChI=1S/C15H16Cl2FNOS/c1-3-6-19-14(10-8-13(16)21-15(10)17)9-4-5-12(20-2)11(18)7-9/h4-5,7-8,14,19H,3,6H2,1-2H3. The second-order valence-electron chi connectivity index (χ2n) is 4.56. The highest BCUT2D eigenvalue weighted by molar-refractivity contribution is 7.20. The highest BCUT2D eigenvalue weighted by Crippen LogP contribution is 2.38. The van der Waals surface area contributed by atoms with Crippen molar-refractivity contribution in [2.75, 3.05) is 13.7 Å². The quantitative estimate of drug-likeness (QED) is 0.766. The predicted octanol–water partition coefficient (Wildman–Crippen LogP) is 5.29. The van der Waals surface area contributed by atoms with Gasteiger partial charge in [-0.05, 0) is 36.7 Å². The third kappa shape index (κ3) is 3.89. The lowest BCUT2D eigenvalue weighted by Gasteiger charge is -2.19. The van der Waals surface area contributed by atoms with Crippen LogP contribution in [0.25, 0.3) is 0 Å². The van der Waals surface area contributed by atoms with Crippen LogP contribution in [-0.2, 0) is 0 Å². The van der Waals surface area contributed by atoms with Crippen LogP contribution in [-0.4, -0.2) is 13.7 Å². The number of thiophene rings is 1. The number of benzene rings is 1. The van der Waals surface area contributed by atoms with Crippen molar-refractivity contribution in [1.29, 1.82) is 0 Å². The van der Waals surface area contributed by atoms with E-state index in [9.17, 15) is 4.39 Å². The Hall–Kier alpha value is -0.810. The summed E-state index contributed by atoms with van der Waals surface area (Å²) in [6.45, 7) is 2.86. The fraction of sp³-hybridized carbons (Fsp3) is 0.333. The first kappa shape index (κ1) is 16.6. The number of rotatable bonds is 6. The smallest absolute Gasteiger partial charge is 0.165 e. The molecule has 0 bridgehead atoms. The van der Waals surface area contributed by atoms with Crippen LogP contribution in [0.3, 0.4) is 0 Å². The fourth-order valence-corrected chi connectivity index (χ4v) is 3.64. The lowest BCUT2D eigenvalue weighted by atomic mass is 10.0. The molecule has 0 spiro atoms. The van der Waals surface area contributed by atoms with Crippen molar-refractivity contribution in [2.45, 2.75) is 19.4 Å². The van der Waals surface area contributed by atoms with Gasteiger partial charge in [0.05, 0.1) is 21.8 Å². The van der Waals surface area contributed by atoms with Gasteiger partial charge in [0.25, 0.3) is 0 Å². The average molecular weight is 348 g/mol. The molecule has 1 aromatic carbocycles. The summed E-state index contributed by atoms with van der Waals surface area (Å²) < 4.78 is 20.1. The van der Waals surface area contributed by atoms with E-state index >= 15 is 0 Å². The second-order valence-corrected chi connectivity index (χ2v) is 6.85. The Balaban J connectivity index is 2.40. The Bertz CT molecular complexity index is 618. The molecule has 1 atom stereocenters. The van der Waals surface area contributed by atoms with Gasteiger partial charge in [-0.3, -0.25) is 0 Å². The number of hydrogen-bond donors (Lipinski definition) is 1. The highest BCUT2D eigenvalue weighted by Gasteiger charge is 2.20. The average Bonchev–Trinajstić information content (AvgIpc) is 2.78. The van der Waals surface area contributed by atoms with Gasteiger partial charge in [0.15, 0.2) is 11.6 Å². The first-order valence-electron chi connectivity index (χ1n) is 6.58. The monoisotopic (exact) mass is 347 g/mol. The van der Waals surface area contributed by atoms with Crippen molar-refractivity contribution < 1.29 is 9.13 Å². The molecular formula is C15H16Cl2FNOS. The van der Waals surface area contributed by atoms with Crippen molar-refractivity contribution in [2.24, 2.45) is 0 Å². The molecule has 6 heteroatoms. The molecule has 0 aliphatic carbocycles. The summed E-state index contributed by atoms with van der Waals surface area (Å²) in [4.78, 5) is 0.